The third-order valence-electron chi connectivity index (χ3n) is 4.09. The minimum Gasteiger partial charge on any atom is -0.346 e. The molecule has 1 aliphatic rings. The highest BCUT2D eigenvalue weighted by Crippen LogP contribution is 2.29. The highest BCUT2D eigenvalue weighted by atomic mass is 35.5. The van der Waals surface area contributed by atoms with E-state index in [-0.39, 0.29) is 11.7 Å². The molecular weight excluding hydrogens is 298 g/mol. The Morgan fingerprint density at radius 3 is 2.32 bits per heavy atom. The minimum atomic E-state index is -0.690. The smallest absolute Gasteiger partial charge is 0.235 e. The van der Waals surface area contributed by atoms with E-state index in [0.29, 0.717) is 5.02 Å². The fraction of sp³-hybridized carbons (Fsp3) is 0.222. The Balaban J connectivity index is 1.95. The Morgan fingerprint density at radius 2 is 1.73 bits per heavy atom. The molecule has 2 atom stereocenters. The predicted molar refractivity (Wildman–Crippen MR) is 87.0 cm³/mol. The second-order valence-corrected chi connectivity index (χ2v) is 6.08. The van der Waals surface area contributed by atoms with Crippen molar-refractivity contribution in [2.24, 2.45) is 0 Å². The number of Topliss-reactive ketones (excluding diaryl/α,β-unsaturated/α-hetero) is 1. The molecule has 1 saturated heterocycles. The molecule has 22 heavy (non-hydrogen) atoms. The first-order chi connectivity index (χ1) is 10.5. The van der Waals surface area contributed by atoms with Crippen LogP contribution in [-0.2, 0) is 9.59 Å². The van der Waals surface area contributed by atoms with Crippen LogP contribution in [0.5, 0.6) is 0 Å². The van der Waals surface area contributed by atoms with Crippen LogP contribution in [0.4, 0.5) is 0 Å². The van der Waals surface area contributed by atoms with Gasteiger partial charge in [0.1, 0.15) is 5.92 Å². The molecule has 0 radical (unpaired) electrons. The first kappa shape index (κ1) is 14.8. The number of carbonyl (C=O) groups excluding carboxylic acids is 2. The van der Waals surface area contributed by atoms with Gasteiger partial charge in [0.25, 0.3) is 0 Å². The Morgan fingerprint density at radius 1 is 1.05 bits per heavy atom. The van der Waals surface area contributed by atoms with Crippen LogP contribution in [0.3, 0.4) is 0 Å². The molecule has 1 aliphatic heterocycles. The molecular formula is C18H16ClNO2. The van der Waals surface area contributed by atoms with Gasteiger partial charge in [-0.05, 0) is 48.2 Å². The van der Waals surface area contributed by atoms with Crippen LogP contribution in [0.25, 0.3) is 11.1 Å². The molecule has 2 aromatic rings. The molecule has 1 fully saturated rings. The van der Waals surface area contributed by atoms with E-state index in [9.17, 15) is 9.59 Å². The summed E-state index contributed by atoms with van der Waals surface area (Å²) in [7, 11) is 0. The van der Waals surface area contributed by atoms with Gasteiger partial charge in [0.15, 0.2) is 5.78 Å². The number of ketones is 1. The van der Waals surface area contributed by atoms with Crippen LogP contribution >= 0.6 is 11.6 Å². The number of hydrogen-bond acceptors (Lipinski definition) is 2. The predicted octanol–water partition coefficient (Wildman–Crippen LogP) is 3.49. The Kier molecular flexibility index (Phi) is 3.75. The average molecular weight is 314 g/mol. The van der Waals surface area contributed by atoms with Gasteiger partial charge in [0.05, 0.1) is 6.04 Å². The monoisotopic (exact) mass is 313 g/mol. The molecule has 3 nitrogen and oxygen atoms in total. The number of hydrogen-bond donors (Lipinski definition) is 1. The summed E-state index contributed by atoms with van der Waals surface area (Å²) >= 11 is 6.06. The number of benzene rings is 2. The van der Waals surface area contributed by atoms with Crippen molar-refractivity contribution in [3.05, 3.63) is 58.6 Å². The van der Waals surface area contributed by atoms with Crippen LogP contribution in [-0.4, -0.2) is 17.7 Å². The van der Waals surface area contributed by atoms with Crippen LogP contribution in [0.15, 0.2) is 42.5 Å². The summed E-state index contributed by atoms with van der Waals surface area (Å²) in [5, 5.41) is 3.36. The van der Waals surface area contributed by atoms with E-state index in [1.54, 1.807) is 6.92 Å². The van der Waals surface area contributed by atoms with Gasteiger partial charge >= 0.3 is 0 Å². The number of rotatable bonds is 2. The zero-order valence-corrected chi connectivity index (χ0v) is 13.1. The SMILES string of the molecule is Cc1ccc(Cl)cc1-c1ccc(C2C(=O)NC(C)C2=O)cc1. The van der Waals surface area contributed by atoms with Crippen molar-refractivity contribution in [2.75, 3.05) is 0 Å². The molecule has 1 heterocycles. The summed E-state index contributed by atoms with van der Waals surface area (Å²) in [6, 6.07) is 12.9. The van der Waals surface area contributed by atoms with Crippen molar-refractivity contribution < 1.29 is 9.59 Å². The van der Waals surface area contributed by atoms with Crippen LogP contribution in [0.2, 0.25) is 5.02 Å². The standard InChI is InChI=1S/C18H16ClNO2/c1-10-3-8-14(19)9-15(10)12-4-6-13(7-5-12)16-17(21)11(2)20-18(16)22/h3-9,11,16H,1-2H3,(H,20,22). The summed E-state index contributed by atoms with van der Waals surface area (Å²) < 4.78 is 0. The zero-order chi connectivity index (χ0) is 15.9. The number of aryl methyl sites for hydroxylation is 1. The highest BCUT2D eigenvalue weighted by Gasteiger charge is 2.39. The molecule has 0 bridgehead atoms. The van der Waals surface area contributed by atoms with E-state index in [4.69, 9.17) is 11.6 Å². The van der Waals surface area contributed by atoms with Crippen LogP contribution < -0.4 is 5.32 Å². The molecule has 3 rings (SSSR count). The Hall–Kier alpha value is -2.13. The molecule has 1 amide bonds. The first-order valence-electron chi connectivity index (χ1n) is 7.18. The summed E-state index contributed by atoms with van der Waals surface area (Å²) in [4.78, 5) is 24.0. The quantitative estimate of drug-likeness (QED) is 0.863. The van der Waals surface area contributed by atoms with Gasteiger partial charge in [0.2, 0.25) is 5.91 Å². The maximum Gasteiger partial charge on any atom is 0.235 e. The fourth-order valence-electron chi connectivity index (χ4n) is 2.82. The lowest BCUT2D eigenvalue weighted by Gasteiger charge is -2.10. The van der Waals surface area contributed by atoms with Gasteiger partial charge in [-0.1, -0.05) is 41.9 Å². The number of halogens is 1. The third kappa shape index (κ3) is 2.53. The van der Waals surface area contributed by atoms with E-state index >= 15 is 0 Å². The van der Waals surface area contributed by atoms with Crippen LogP contribution in [0, 0.1) is 6.92 Å². The average Bonchev–Trinajstić information content (AvgIpc) is 2.75. The lowest BCUT2D eigenvalue weighted by Crippen LogP contribution is -2.25. The van der Waals surface area contributed by atoms with Crippen molar-refractivity contribution in [1.29, 1.82) is 0 Å². The van der Waals surface area contributed by atoms with Gasteiger partial charge < -0.3 is 5.32 Å². The maximum absolute atomic E-state index is 12.1. The molecule has 0 aromatic heterocycles. The Labute approximate surface area is 134 Å². The molecule has 4 heteroatoms. The summed E-state index contributed by atoms with van der Waals surface area (Å²) in [6.45, 7) is 3.74. The topological polar surface area (TPSA) is 46.2 Å². The molecule has 112 valence electrons. The fourth-order valence-corrected chi connectivity index (χ4v) is 3.00. The van der Waals surface area contributed by atoms with E-state index in [2.05, 4.69) is 5.32 Å². The third-order valence-corrected chi connectivity index (χ3v) is 4.32. The van der Waals surface area contributed by atoms with Crippen molar-refractivity contribution in [3.8, 4) is 11.1 Å². The number of nitrogens with one attached hydrogen (secondary N) is 1. The van der Waals surface area contributed by atoms with Crippen molar-refractivity contribution in [1.82, 2.24) is 5.32 Å². The number of carbonyl (C=O) groups is 2. The van der Waals surface area contributed by atoms with E-state index in [1.807, 2.05) is 49.4 Å². The zero-order valence-electron chi connectivity index (χ0n) is 12.4. The second-order valence-electron chi connectivity index (χ2n) is 5.65. The van der Waals surface area contributed by atoms with Gasteiger partial charge in [-0.3, -0.25) is 9.59 Å². The van der Waals surface area contributed by atoms with E-state index < -0.39 is 12.0 Å². The lowest BCUT2D eigenvalue weighted by molar-refractivity contribution is -0.124. The van der Waals surface area contributed by atoms with E-state index in [1.165, 1.54) is 0 Å². The second kappa shape index (κ2) is 5.58. The van der Waals surface area contributed by atoms with Crippen molar-refractivity contribution in [3.63, 3.8) is 0 Å². The molecule has 1 N–H and O–H groups in total. The molecule has 0 aliphatic carbocycles. The van der Waals surface area contributed by atoms with Gasteiger partial charge in [0, 0.05) is 5.02 Å². The lowest BCUT2D eigenvalue weighted by atomic mass is 9.92. The number of amides is 1. The first-order valence-corrected chi connectivity index (χ1v) is 7.56. The van der Waals surface area contributed by atoms with Crippen molar-refractivity contribution in [2.45, 2.75) is 25.8 Å². The largest absolute Gasteiger partial charge is 0.346 e. The van der Waals surface area contributed by atoms with Gasteiger partial charge in [-0.15, -0.1) is 0 Å². The van der Waals surface area contributed by atoms with Gasteiger partial charge in [-0.25, -0.2) is 0 Å². The molecule has 2 unspecified atom stereocenters. The molecule has 0 saturated carbocycles. The summed E-state index contributed by atoms with van der Waals surface area (Å²) in [5.41, 5.74) is 3.92. The van der Waals surface area contributed by atoms with Gasteiger partial charge in [-0.2, -0.15) is 0 Å². The summed E-state index contributed by atoms with van der Waals surface area (Å²) in [6.07, 6.45) is 0. The molecule has 0 spiro atoms. The summed E-state index contributed by atoms with van der Waals surface area (Å²) in [5.74, 6) is -0.981. The normalized spacial score (nSPS) is 21.0. The van der Waals surface area contributed by atoms with Crippen molar-refractivity contribution >= 4 is 23.3 Å². The van der Waals surface area contributed by atoms with Crippen LogP contribution in [0.1, 0.15) is 24.0 Å². The Bertz CT molecular complexity index is 752. The van der Waals surface area contributed by atoms with E-state index in [0.717, 1.165) is 22.3 Å². The molecule has 2 aromatic carbocycles. The maximum atomic E-state index is 12.1. The minimum absolute atomic E-state index is 0.0725. The highest BCUT2D eigenvalue weighted by molar-refractivity contribution is 6.30.